The van der Waals surface area contributed by atoms with Crippen LogP contribution < -0.4 is 10.1 Å². The molecule has 0 bridgehead atoms. The molecule has 2 rings (SSSR count). The zero-order valence-electron chi connectivity index (χ0n) is 18.2. The van der Waals surface area contributed by atoms with Crippen LogP contribution in [-0.2, 0) is 32.7 Å². The maximum absolute atomic E-state index is 12.9. The van der Waals surface area contributed by atoms with Gasteiger partial charge in [0.05, 0.1) is 19.9 Å². The normalized spacial score (nSPS) is 12.3. The van der Waals surface area contributed by atoms with E-state index in [4.69, 9.17) is 4.74 Å². The fourth-order valence-electron chi connectivity index (χ4n) is 2.84. The molecule has 0 aliphatic carbocycles. The van der Waals surface area contributed by atoms with Crippen LogP contribution in [0.5, 0.6) is 5.75 Å². The Kier molecular flexibility index (Phi) is 8.58. The highest BCUT2D eigenvalue weighted by Gasteiger charge is 2.28. The molecule has 168 valence electrons. The third kappa shape index (κ3) is 7.37. The van der Waals surface area contributed by atoms with E-state index in [2.05, 4.69) is 5.32 Å². The number of sulfonamides is 1. The van der Waals surface area contributed by atoms with Crippen molar-refractivity contribution in [3.8, 4) is 5.75 Å². The van der Waals surface area contributed by atoms with Crippen molar-refractivity contribution in [3.63, 3.8) is 0 Å². The standard InChI is InChI=1S/C22H29N3O5S/c1-17(22(27)23-14-18-10-12-20(30-3)13-11-18)25(15-19-8-6-5-7-9-19)21(26)16-24(2)31(4,28)29/h5-13,17H,14-16H2,1-4H3,(H,23,27)/t17-/m1/s1. The fourth-order valence-corrected chi connectivity index (χ4v) is 3.19. The van der Waals surface area contributed by atoms with Crippen LogP contribution in [-0.4, -0.2) is 62.4 Å². The van der Waals surface area contributed by atoms with Crippen molar-refractivity contribution in [1.82, 2.24) is 14.5 Å². The third-order valence-electron chi connectivity index (χ3n) is 4.91. The van der Waals surface area contributed by atoms with Crippen molar-refractivity contribution in [2.24, 2.45) is 0 Å². The van der Waals surface area contributed by atoms with Gasteiger partial charge in [-0.2, -0.15) is 4.31 Å². The lowest BCUT2D eigenvalue weighted by atomic mass is 10.1. The number of carbonyl (C=O) groups excluding carboxylic acids is 2. The second-order valence-electron chi connectivity index (χ2n) is 7.27. The van der Waals surface area contributed by atoms with Gasteiger partial charge in [-0.1, -0.05) is 42.5 Å². The van der Waals surface area contributed by atoms with Crippen LogP contribution in [0.4, 0.5) is 0 Å². The van der Waals surface area contributed by atoms with E-state index < -0.39 is 22.0 Å². The van der Waals surface area contributed by atoms with Gasteiger partial charge in [-0.15, -0.1) is 0 Å². The molecule has 2 aromatic carbocycles. The van der Waals surface area contributed by atoms with Gasteiger partial charge in [0.25, 0.3) is 0 Å². The summed E-state index contributed by atoms with van der Waals surface area (Å²) >= 11 is 0. The van der Waals surface area contributed by atoms with Crippen molar-refractivity contribution in [2.75, 3.05) is 27.0 Å². The molecule has 1 atom stereocenters. The highest BCUT2D eigenvalue weighted by Crippen LogP contribution is 2.13. The van der Waals surface area contributed by atoms with Gasteiger partial charge in [0.2, 0.25) is 21.8 Å². The number of hydrogen-bond acceptors (Lipinski definition) is 5. The van der Waals surface area contributed by atoms with Gasteiger partial charge in [-0.25, -0.2) is 8.42 Å². The summed E-state index contributed by atoms with van der Waals surface area (Å²) in [6, 6.07) is 15.7. The number of amides is 2. The lowest BCUT2D eigenvalue weighted by Crippen LogP contribution is -2.50. The van der Waals surface area contributed by atoms with E-state index in [-0.39, 0.29) is 19.0 Å². The molecule has 0 aliphatic heterocycles. The van der Waals surface area contributed by atoms with Crippen LogP contribution in [0.2, 0.25) is 0 Å². The monoisotopic (exact) mass is 447 g/mol. The first kappa shape index (κ1) is 24.4. The molecule has 0 fully saturated rings. The van der Waals surface area contributed by atoms with Crippen LogP contribution in [0, 0.1) is 0 Å². The van der Waals surface area contributed by atoms with E-state index >= 15 is 0 Å². The van der Waals surface area contributed by atoms with Crippen molar-refractivity contribution >= 4 is 21.8 Å². The van der Waals surface area contributed by atoms with E-state index in [0.29, 0.717) is 6.54 Å². The Bertz CT molecular complexity index is 978. The van der Waals surface area contributed by atoms with Gasteiger partial charge in [0, 0.05) is 20.1 Å². The molecule has 0 unspecified atom stereocenters. The summed E-state index contributed by atoms with van der Waals surface area (Å²) in [7, 11) is -0.610. The Morgan fingerprint density at radius 1 is 1.03 bits per heavy atom. The summed E-state index contributed by atoms with van der Waals surface area (Å²) in [5, 5.41) is 2.84. The van der Waals surface area contributed by atoms with Crippen LogP contribution >= 0.6 is 0 Å². The number of ether oxygens (including phenoxy) is 1. The highest BCUT2D eigenvalue weighted by atomic mass is 32.2. The van der Waals surface area contributed by atoms with Gasteiger partial charge in [-0.05, 0) is 30.2 Å². The first-order valence-corrected chi connectivity index (χ1v) is 11.6. The van der Waals surface area contributed by atoms with Gasteiger partial charge in [-0.3, -0.25) is 9.59 Å². The maximum Gasteiger partial charge on any atom is 0.242 e. The van der Waals surface area contributed by atoms with Crippen LogP contribution in [0.25, 0.3) is 0 Å². The molecule has 0 saturated carbocycles. The van der Waals surface area contributed by atoms with E-state index in [1.165, 1.54) is 11.9 Å². The van der Waals surface area contributed by atoms with Crippen LogP contribution in [0.15, 0.2) is 54.6 Å². The number of nitrogens with zero attached hydrogens (tertiary/aromatic N) is 2. The molecule has 0 radical (unpaired) electrons. The molecule has 0 aromatic heterocycles. The second kappa shape index (κ2) is 10.9. The highest BCUT2D eigenvalue weighted by molar-refractivity contribution is 7.88. The van der Waals surface area contributed by atoms with Crippen molar-refractivity contribution in [3.05, 3.63) is 65.7 Å². The molecule has 2 amide bonds. The first-order chi connectivity index (χ1) is 14.6. The number of likely N-dealkylation sites (N-methyl/N-ethyl adjacent to an activating group) is 1. The molecule has 0 saturated heterocycles. The Morgan fingerprint density at radius 2 is 1.65 bits per heavy atom. The smallest absolute Gasteiger partial charge is 0.242 e. The van der Waals surface area contributed by atoms with Crippen molar-refractivity contribution in [1.29, 1.82) is 0 Å². The second-order valence-corrected chi connectivity index (χ2v) is 9.36. The Hall–Kier alpha value is -2.91. The van der Waals surface area contributed by atoms with E-state index in [9.17, 15) is 18.0 Å². The summed E-state index contributed by atoms with van der Waals surface area (Å²) in [4.78, 5) is 27.1. The predicted molar refractivity (Wildman–Crippen MR) is 119 cm³/mol. The zero-order chi connectivity index (χ0) is 23.0. The Morgan fingerprint density at radius 3 is 2.19 bits per heavy atom. The first-order valence-electron chi connectivity index (χ1n) is 9.77. The lowest BCUT2D eigenvalue weighted by molar-refractivity contribution is -0.140. The largest absolute Gasteiger partial charge is 0.497 e. The van der Waals surface area contributed by atoms with Gasteiger partial charge in [0.15, 0.2) is 0 Å². The number of carbonyl (C=O) groups is 2. The topological polar surface area (TPSA) is 96.0 Å². The fraction of sp³-hybridized carbons (Fsp3) is 0.364. The number of benzene rings is 2. The quantitative estimate of drug-likeness (QED) is 0.597. The Labute approximate surface area is 183 Å². The SMILES string of the molecule is COc1ccc(CNC(=O)[C@@H](C)N(Cc2ccccc2)C(=O)CN(C)S(C)(=O)=O)cc1. The number of nitrogens with one attached hydrogen (secondary N) is 1. The average Bonchev–Trinajstić information content (AvgIpc) is 2.75. The lowest BCUT2D eigenvalue weighted by Gasteiger charge is -2.30. The molecule has 2 aromatic rings. The maximum atomic E-state index is 12.9. The summed E-state index contributed by atoms with van der Waals surface area (Å²) in [6.45, 7) is 1.77. The number of hydrogen-bond donors (Lipinski definition) is 1. The van der Waals surface area contributed by atoms with Crippen LogP contribution in [0.1, 0.15) is 18.1 Å². The molecule has 0 spiro atoms. The minimum Gasteiger partial charge on any atom is -0.497 e. The van der Waals surface area contributed by atoms with Gasteiger partial charge in [0.1, 0.15) is 11.8 Å². The Balaban J connectivity index is 2.12. The molecule has 1 N–H and O–H groups in total. The van der Waals surface area contributed by atoms with E-state index in [1.54, 1.807) is 26.2 Å². The number of methoxy groups -OCH3 is 1. The van der Waals surface area contributed by atoms with Crippen molar-refractivity contribution in [2.45, 2.75) is 26.1 Å². The van der Waals surface area contributed by atoms with E-state index in [1.807, 2.05) is 42.5 Å². The number of rotatable bonds is 10. The molecule has 31 heavy (non-hydrogen) atoms. The molecular weight excluding hydrogens is 418 g/mol. The molecule has 8 nitrogen and oxygen atoms in total. The third-order valence-corrected chi connectivity index (χ3v) is 6.17. The minimum absolute atomic E-state index is 0.189. The predicted octanol–water partition coefficient (Wildman–Crippen LogP) is 1.62. The van der Waals surface area contributed by atoms with Gasteiger partial charge >= 0.3 is 0 Å². The van der Waals surface area contributed by atoms with E-state index in [0.717, 1.165) is 27.4 Å². The average molecular weight is 448 g/mol. The van der Waals surface area contributed by atoms with Gasteiger partial charge < -0.3 is 15.0 Å². The summed E-state index contributed by atoms with van der Waals surface area (Å²) in [6.07, 6.45) is 1.03. The minimum atomic E-state index is -3.53. The van der Waals surface area contributed by atoms with Crippen LogP contribution in [0.3, 0.4) is 0 Å². The summed E-state index contributed by atoms with van der Waals surface area (Å²) < 4.78 is 29.5. The molecule has 9 heteroatoms. The molecule has 0 aliphatic rings. The van der Waals surface area contributed by atoms with Crippen molar-refractivity contribution < 1.29 is 22.7 Å². The summed E-state index contributed by atoms with van der Waals surface area (Å²) in [5.74, 6) is -0.0657. The summed E-state index contributed by atoms with van der Waals surface area (Å²) in [5.41, 5.74) is 1.73. The zero-order valence-corrected chi connectivity index (χ0v) is 19.1. The molecular formula is C22H29N3O5S. The molecule has 0 heterocycles.